The van der Waals surface area contributed by atoms with Gasteiger partial charge >= 0.3 is 0 Å². The minimum atomic E-state index is 0.249. The molecule has 8 nitrogen and oxygen atoms in total. The molecule has 0 saturated carbocycles. The Labute approximate surface area is 429 Å². The molecule has 6 heterocycles. The maximum atomic E-state index is 11.5. The van der Waals surface area contributed by atoms with E-state index in [9.17, 15) is 10.5 Å². The fraction of sp³-hybridized carbons (Fsp3) is 0. The molecule has 0 aliphatic heterocycles. The first-order valence-electron chi connectivity index (χ1n) is 25.2. The van der Waals surface area contributed by atoms with Crippen LogP contribution in [0.2, 0.25) is 0 Å². The molecule has 0 aliphatic rings. The Kier molecular flexibility index (Phi) is 7.99. The molecule has 17 rings (SSSR count). The van der Waals surface area contributed by atoms with Crippen LogP contribution in [0.3, 0.4) is 0 Å². The van der Waals surface area contributed by atoms with E-state index in [4.69, 9.17) is 17.7 Å². The molecule has 76 heavy (non-hydrogen) atoms. The van der Waals surface area contributed by atoms with Crippen LogP contribution in [0, 0.1) is 22.7 Å². The van der Waals surface area contributed by atoms with Crippen LogP contribution in [0.5, 0.6) is 0 Å². The first-order valence-corrected chi connectivity index (χ1v) is 25.2. The van der Waals surface area contributed by atoms with Gasteiger partial charge in [0.25, 0.3) is 0 Å². The average molecular weight is 971 g/mol. The summed E-state index contributed by atoms with van der Waals surface area (Å²) in [5.41, 5.74) is 15.6. The Morgan fingerprint density at radius 3 is 1.20 bits per heavy atom. The number of furan rings is 4. The van der Waals surface area contributed by atoms with Gasteiger partial charge in [0, 0.05) is 53.9 Å². The molecule has 8 heteroatoms. The van der Waals surface area contributed by atoms with Gasteiger partial charge in [-0.15, -0.1) is 0 Å². The van der Waals surface area contributed by atoms with E-state index in [-0.39, 0.29) is 11.1 Å². The SMILES string of the molecule is N#Cc1ccc(-n2c3ccc(-c4ccc5c(c4)oc4ccccc45)cc3c3c4oc5ccccc5c4ccc32)c(-n2c3ccc(-c4ccc5c(c4)oc4ccccc45)cc3c3c4oc5ccccc5c4ccc32)c1C#N. The molecule has 11 aromatic carbocycles. The highest BCUT2D eigenvalue weighted by Crippen LogP contribution is 2.47. The Bertz CT molecular complexity index is 5520. The summed E-state index contributed by atoms with van der Waals surface area (Å²) in [6, 6.07) is 75.5. The molecule has 0 atom stereocenters. The van der Waals surface area contributed by atoms with E-state index in [1.807, 2.05) is 78.9 Å². The Hall–Kier alpha value is -10.8. The lowest BCUT2D eigenvalue weighted by Crippen LogP contribution is -2.07. The van der Waals surface area contributed by atoms with Gasteiger partial charge in [-0.2, -0.15) is 10.5 Å². The van der Waals surface area contributed by atoms with Crippen LogP contribution in [0.15, 0.2) is 224 Å². The highest BCUT2D eigenvalue weighted by Gasteiger charge is 2.28. The summed E-state index contributed by atoms with van der Waals surface area (Å²) in [5, 5.41) is 34.3. The van der Waals surface area contributed by atoms with Crippen molar-refractivity contribution in [1.82, 2.24) is 9.13 Å². The average Bonchev–Trinajstić information content (AvgIpc) is 4.39. The second-order valence-corrected chi connectivity index (χ2v) is 19.7. The van der Waals surface area contributed by atoms with Crippen LogP contribution < -0.4 is 0 Å². The van der Waals surface area contributed by atoms with Crippen molar-refractivity contribution in [1.29, 1.82) is 10.5 Å². The normalized spacial score (nSPS) is 12.2. The highest BCUT2D eigenvalue weighted by molar-refractivity contribution is 6.26. The van der Waals surface area contributed by atoms with Crippen LogP contribution >= 0.6 is 0 Å². The lowest BCUT2D eigenvalue weighted by molar-refractivity contribution is 0.668. The largest absolute Gasteiger partial charge is 0.456 e. The van der Waals surface area contributed by atoms with E-state index < -0.39 is 0 Å². The van der Waals surface area contributed by atoms with Crippen molar-refractivity contribution in [3.05, 3.63) is 217 Å². The number of nitrogens with zero attached hydrogens (tertiary/aromatic N) is 4. The second kappa shape index (κ2) is 14.9. The summed E-state index contributed by atoms with van der Waals surface area (Å²) < 4.78 is 30.9. The van der Waals surface area contributed by atoms with Crippen LogP contribution in [-0.2, 0) is 0 Å². The van der Waals surface area contributed by atoms with Crippen molar-refractivity contribution in [2.45, 2.75) is 0 Å². The third kappa shape index (κ3) is 5.43. The number of rotatable bonds is 4. The highest BCUT2D eigenvalue weighted by atomic mass is 16.3. The van der Waals surface area contributed by atoms with Gasteiger partial charge in [0.1, 0.15) is 56.8 Å². The third-order valence-corrected chi connectivity index (χ3v) is 15.8. The zero-order valence-corrected chi connectivity index (χ0v) is 40.1. The number of fused-ring (bicyclic) bond motifs is 20. The van der Waals surface area contributed by atoms with Crippen molar-refractivity contribution in [2.75, 3.05) is 0 Å². The van der Waals surface area contributed by atoms with Crippen molar-refractivity contribution >= 4 is 131 Å². The molecule has 0 fully saturated rings. The molecule has 6 aromatic heterocycles. The van der Waals surface area contributed by atoms with Gasteiger partial charge in [0.15, 0.2) is 0 Å². The number of para-hydroxylation sites is 4. The first kappa shape index (κ1) is 40.8. The Balaban J connectivity index is 0.968. The molecule has 0 N–H and O–H groups in total. The minimum Gasteiger partial charge on any atom is -0.456 e. The van der Waals surface area contributed by atoms with Crippen molar-refractivity contribution in [2.24, 2.45) is 0 Å². The Morgan fingerprint density at radius 1 is 0.303 bits per heavy atom. The van der Waals surface area contributed by atoms with Gasteiger partial charge in [0.05, 0.1) is 55.3 Å². The summed E-state index contributed by atoms with van der Waals surface area (Å²) in [7, 11) is 0. The van der Waals surface area contributed by atoms with Gasteiger partial charge < -0.3 is 26.8 Å². The minimum absolute atomic E-state index is 0.249. The molecule has 17 aromatic rings. The zero-order chi connectivity index (χ0) is 49.9. The van der Waals surface area contributed by atoms with Crippen molar-refractivity contribution in [3.8, 4) is 45.8 Å². The van der Waals surface area contributed by atoms with E-state index in [2.05, 4.69) is 143 Å². The standard InChI is InChI=1S/C68H34N4O4/c69-35-41-21-28-57(71-53-26-19-37(39-17-22-46-42-9-1-5-13-58(42)73-62(46)33-39)31-50(53)64-55(71)29-24-48-44-11-3-7-15-60(44)75-67(48)64)66(52(41)36-70)72-54-27-20-38(40-18-23-47-43-10-2-6-14-59(43)74-63(47)34-40)32-51(54)65-56(72)30-25-49-45-12-4-8-16-61(45)76-68(49)65/h1-34H. The fourth-order valence-electron chi connectivity index (χ4n) is 12.4. The van der Waals surface area contributed by atoms with E-state index >= 15 is 0 Å². The van der Waals surface area contributed by atoms with Crippen LogP contribution in [-0.4, -0.2) is 9.13 Å². The summed E-state index contributed by atoms with van der Waals surface area (Å²) >= 11 is 0. The predicted octanol–water partition coefficient (Wildman–Crippen LogP) is 18.6. The second-order valence-electron chi connectivity index (χ2n) is 19.7. The Morgan fingerprint density at radius 2 is 0.697 bits per heavy atom. The number of hydrogen-bond acceptors (Lipinski definition) is 6. The number of aromatic nitrogens is 2. The monoisotopic (exact) mass is 970 g/mol. The van der Waals surface area contributed by atoms with E-state index in [1.54, 1.807) is 6.07 Å². The molecular formula is C68H34N4O4. The number of nitriles is 2. The summed E-state index contributed by atoms with van der Waals surface area (Å²) in [5.74, 6) is 0. The number of benzene rings is 11. The lowest BCUT2D eigenvalue weighted by atomic mass is 10.0. The molecule has 0 unspecified atom stereocenters. The van der Waals surface area contributed by atoms with E-state index in [1.165, 1.54) is 0 Å². The summed E-state index contributed by atoms with van der Waals surface area (Å²) in [6.45, 7) is 0. The van der Waals surface area contributed by atoms with Crippen LogP contribution in [0.1, 0.15) is 11.1 Å². The topological polar surface area (TPSA) is 110 Å². The van der Waals surface area contributed by atoms with Gasteiger partial charge in [-0.25, -0.2) is 0 Å². The van der Waals surface area contributed by atoms with Crippen LogP contribution in [0.4, 0.5) is 0 Å². The maximum Gasteiger partial charge on any atom is 0.145 e. The van der Waals surface area contributed by atoms with E-state index in [0.29, 0.717) is 11.4 Å². The fourth-order valence-corrected chi connectivity index (χ4v) is 12.4. The molecular weight excluding hydrogens is 937 g/mol. The molecule has 0 bridgehead atoms. The third-order valence-electron chi connectivity index (χ3n) is 15.8. The molecule has 0 radical (unpaired) electrons. The van der Waals surface area contributed by atoms with Crippen molar-refractivity contribution < 1.29 is 17.7 Å². The van der Waals surface area contributed by atoms with Gasteiger partial charge in [-0.1, -0.05) is 97.1 Å². The van der Waals surface area contributed by atoms with E-state index in [0.717, 1.165) is 154 Å². The predicted molar refractivity (Wildman–Crippen MR) is 305 cm³/mol. The summed E-state index contributed by atoms with van der Waals surface area (Å²) in [4.78, 5) is 0. The quantitative estimate of drug-likeness (QED) is 0.174. The van der Waals surface area contributed by atoms with Crippen LogP contribution in [0.25, 0.3) is 165 Å². The van der Waals surface area contributed by atoms with Gasteiger partial charge in [0.2, 0.25) is 0 Å². The molecule has 0 spiro atoms. The molecule has 0 aliphatic carbocycles. The smallest absolute Gasteiger partial charge is 0.145 e. The first-order chi connectivity index (χ1) is 37.6. The number of hydrogen-bond donors (Lipinski definition) is 0. The van der Waals surface area contributed by atoms with Gasteiger partial charge in [-0.05, 0) is 131 Å². The van der Waals surface area contributed by atoms with Crippen molar-refractivity contribution in [3.63, 3.8) is 0 Å². The molecule has 350 valence electrons. The molecule has 0 amide bonds. The lowest BCUT2D eigenvalue weighted by Gasteiger charge is -2.19. The van der Waals surface area contributed by atoms with Gasteiger partial charge in [-0.3, -0.25) is 0 Å². The molecule has 0 saturated heterocycles. The summed E-state index contributed by atoms with van der Waals surface area (Å²) in [6.07, 6.45) is 0. The maximum absolute atomic E-state index is 11.5. The zero-order valence-electron chi connectivity index (χ0n) is 40.1.